The van der Waals surface area contributed by atoms with Crippen molar-refractivity contribution in [1.29, 1.82) is 0 Å². The van der Waals surface area contributed by atoms with Gasteiger partial charge in [0.05, 0.1) is 6.61 Å². The fourth-order valence-corrected chi connectivity index (χ4v) is 1.72. The van der Waals surface area contributed by atoms with Crippen molar-refractivity contribution in [2.45, 2.75) is 25.7 Å². The molecular formula is C15H20FNO5. The number of carbonyl (C=O) groups excluding carboxylic acids is 1. The molecule has 0 bridgehead atoms. The van der Waals surface area contributed by atoms with Gasteiger partial charge in [-0.15, -0.1) is 0 Å². The molecule has 0 unspecified atom stereocenters. The first-order chi connectivity index (χ1) is 10.5. The Morgan fingerprint density at radius 1 is 1.23 bits per heavy atom. The van der Waals surface area contributed by atoms with Crippen molar-refractivity contribution in [3.63, 3.8) is 0 Å². The number of aliphatic carboxylic acids is 1. The molecule has 0 saturated carbocycles. The van der Waals surface area contributed by atoms with E-state index in [0.717, 1.165) is 0 Å². The van der Waals surface area contributed by atoms with Crippen LogP contribution in [-0.2, 0) is 14.3 Å². The van der Waals surface area contributed by atoms with Crippen molar-refractivity contribution in [3.05, 3.63) is 24.0 Å². The number of anilines is 1. The summed E-state index contributed by atoms with van der Waals surface area (Å²) < 4.78 is 23.7. The molecule has 7 heteroatoms. The molecule has 0 heterocycles. The Morgan fingerprint density at radius 3 is 2.59 bits per heavy atom. The summed E-state index contributed by atoms with van der Waals surface area (Å²) in [6, 6.07) is 4.16. The minimum atomic E-state index is -0.883. The summed E-state index contributed by atoms with van der Waals surface area (Å²) in [5, 5.41) is 11.0. The summed E-state index contributed by atoms with van der Waals surface area (Å²) in [7, 11) is 1.52. The lowest BCUT2D eigenvalue weighted by Crippen LogP contribution is -2.12. The van der Waals surface area contributed by atoms with Crippen molar-refractivity contribution in [3.8, 4) is 5.75 Å². The molecule has 0 aliphatic rings. The van der Waals surface area contributed by atoms with Gasteiger partial charge in [-0.2, -0.15) is 0 Å². The molecule has 0 radical (unpaired) electrons. The van der Waals surface area contributed by atoms with E-state index < -0.39 is 11.8 Å². The number of carboxylic acids is 1. The smallest absolute Gasteiger partial charge is 0.303 e. The third-order valence-corrected chi connectivity index (χ3v) is 2.81. The maximum atomic E-state index is 13.7. The number of amides is 1. The maximum Gasteiger partial charge on any atom is 0.303 e. The number of unbranched alkanes of at least 4 members (excludes halogenated alkanes) is 1. The fourth-order valence-electron chi connectivity index (χ4n) is 1.72. The molecule has 1 amide bonds. The first kappa shape index (κ1) is 17.9. The van der Waals surface area contributed by atoms with Crippen LogP contribution < -0.4 is 10.1 Å². The SMILES string of the molecule is COCCOc1ccc(NC(=O)CCCCC(=O)O)cc1F. The van der Waals surface area contributed by atoms with Gasteiger partial charge >= 0.3 is 5.97 Å². The lowest BCUT2D eigenvalue weighted by molar-refractivity contribution is -0.137. The minimum absolute atomic E-state index is 0.0371. The topological polar surface area (TPSA) is 84.9 Å². The van der Waals surface area contributed by atoms with Gasteiger partial charge in [0, 0.05) is 31.7 Å². The van der Waals surface area contributed by atoms with E-state index in [2.05, 4.69) is 5.32 Å². The molecule has 0 aliphatic carbocycles. The predicted octanol–water partition coefficient (Wildman–Crippen LogP) is 2.43. The largest absolute Gasteiger partial charge is 0.488 e. The van der Waals surface area contributed by atoms with Gasteiger partial charge < -0.3 is 19.9 Å². The highest BCUT2D eigenvalue weighted by Gasteiger charge is 2.08. The number of hydrogen-bond acceptors (Lipinski definition) is 4. The van der Waals surface area contributed by atoms with E-state index in [0.29, 0.717) is 25.1 Å². The Morgan fingerprint density at radius 2 is 1.95 bits per heavy atom. The van der Waals surface area contributed by atoms with Gasteiger partial charge in [0.25, 0.3) is 0 Å². The van der Waals surface area contributed by atoms with Gasteiger partial charge in [-0.25, -0.2) is 4.39 Å². The molecule has 0 aromatic heterocycles. The van der Waals surface area contributed by atoms with Gasteiger partial charge in [0.15, 0.2) is 11.6 Å². The van der Waals surface area contributed by atoms with Crippen molar-refractivity contribution in [1.82, 2.24) is 0 Å². The van der Waals surface area contributed by atoms with Gasteiger partial charge in [-0.1, -0.05) is 0 Å². The summed E-state index contributed by atoms with van der Waals surface area (Å²) in [5.41, 5.74) is 0.333. The van der Waals surface area contributed by atoms with Crippen LogP contribution in [0.4, 0.5) is 10.1 Å². The van der Waals surface area contributed by atoms with Gasteiger partial charge in [-0.3, -0.25) is 9.59 Å². The summed E-state index contributed by atoms with van der Waals surface area (Å²) >= 11 is 0. The second-order valence-electron chi connectivity index (χ2n) is 4.64. The highest BCUT2D eigenvalue weighted by atomic mass is 19.1. The predicted molar refractivity (Wildman–Crippen MR) is 78.5 cm³/mol. The molecule has 0 saturated heterocycles. The number of carboxylic acid groups (broad SMARTS) is 1. The van der Waals surface area contributed by atoms with E-state index in [4.69, 9.17) is 14.6 Å². The Balaban J connectivity index is 2.40. The number of methoxy groups -OCH3 is 1. The second-order valence-corrected chi connectivity index (χ2v) is 4.64. The van der Waals surface area contributed by atoms with Crippen LogP contribution in [0.3, 0.4) is 0 Å². The van der Waals surface area contributed by atoms with Crippen molar-refractivity contribution in [2.24, 2.45) is 0 Å². The summed E-state index contributed by atoms with van der Waals surface area (Å²) in [6.07, 6.45) is 1.14. The van der Waals surface area contributed by atoms with Gasteiger partial charge in [-0.05, 0) is 25.0 Å². The van der Waals surface area contributed by atoms with E-state index in [1.807, 2.05) is 0 Å². The highest BCUT2D eigenvalue weighted by molar-refractivity contribution is 5.90. The molecule has 6 nitrogen and oxygen atoms in total. The molecule has 22 heavy (non-hydrogen) atoms. The van der Waals surface area contributed by atoms with Gasteiger partial charge in [0.1, 0.15) is 6.61 Å². The average Bonchev–Trinajstić information content (AvgIpc) is 2.46. The first-order valence-corrected chi connectivity index (χ1v) is 6.96. The Labute approximate surface area is 128 Å². The van der Waals surface area contributed by atoms with Crippen LogP contribution in [0.5, 0.6) is 5.75 Å². The quantitative estimate of drug-likeness (QED) is 0.648. The molecule has 2 N–H and O–H groups in total. The van der Waals surface area contributed by atoms with E-state index in [-0.39, 0.29) is 31.1 Å². The monoisotopic (exact) mass is 313 g/mol. The molecule has 0 spiro atoms. The van der Waals surface area contributed by atoms with Gasteiger partial charge in [0.2, 0.25) is 5.91 Å². The summed E-state index contributed by atoms with van der Waals surface area (Å²) in [4.78, 5) is 22.0. The Kier molecular flexibility index (Phi) is 7.91. The number of ether oxygens (including phenoxy) is 2. The molecule has 1 rings (SSSR count). The van der Waals surface area contributed by atoms with Crippen LogP contribution in [0, 0.1) is 5.82 Å². The molecule has 0 aliphatic heterocycles. The van der Waals surface area contributed by atoms with Crippen molar-refractivity contribution in [2.75, 3.05) is 25.6 Å². The molecule has 0 atom stereocenters. The summed E-state index contributed by atoms with van der Waals surface area (Å²) in [6.45, 7) is 0.594. The standard InChI is InChI=1S/C15H20FNO5/c1-21-8-9-22-13-7-6-11(10-12(13)16)17-14(18)4-2-3-5-15(19)20/h6-7,10H,2-5,8-9H2,1H3,(H,17,18)(H,19,20). The van der Waals surface area contributed by atoms with E-state index in [1.165, 1.54) is 19.2 Å². The fraction of sp³-hybridized carbons (Fsp3) is 0.467. The number of rotatable bonds is 10. The van der Waals surface area contributed by atoms with E-state index in [9.17, 15) is 14.0 Å². The highest BCUT2D eigenvalue weighted by Crippen LogP contribution is 2.21. The molecular weight excluding hydrogens is 293 g/mol. The van der Waals surface area contributed by atoms with Crippen LogP contribution in [0.1, 0.15) is 25.7 Å². The third kappa shape index (κ3) is 7.03. The number of benzene rings is 1. The third-order valence-electron chi connectivity index (χ3n) is 2.81. The molecule has 1 aromatic carbocycles. The van der Waals surface area contributed by atoms with Crippen LogP contribution in [-0.4, -0.2) is 37.3 Å². The van der Waals surface area contributed by atoms with Crippen molar-refractivity contribution < 1.29 is 28.6 Å². The zero-order chi connectivity index (χ0) is 16.4. The normalized spacial score (nSPS) is 10.3. The zero-order valence-electron chi connectivity index (χ0n) is 12.4. The minimum Gasteiger partial charge on any atom is -0.488 e. The van der Waals surface area contributed by atoms with Crippen LogP contribution >= 0.6 is 0 Å². The summed E-state index contributed by atoms with van der Waals surface area (Å²) in [5.74, 6) is -1.64. The number of nitrogens with one attached hydrogen (secondary N) is 1. The van der Waals surface area contributed by atoms with Crippen molar-refractivity contribution >= 4 is 17.6 Å². The average molecular weight is 313 g/mol. The van der Waals surface area contributed by atoms with Crippen LogP contribution in [0.25, 0.3) is 0 Å². The number of carbonyl (C=O) groups is 2. The number of halogens is 1. The molecule has 0 fully saturated rings. The lowest BCUT2D eigenvalue weighted by atomic mass is 10.2. The van der Waals surface area contributed by atoms with Crippen LogP contribution in [0.2, 0.25) is 0 Å². The Hall–Kier alpha value is -2.15. The lowest BCUT2D eigenvalue weighted by Gasteiger charge is -2.09. The number of hydrogen-bond donors (Lipinski definition) is 2. The second kappa shape index (κ2) is 9.73. The Bertz CT molecular complexity index is 507. The maximum absolute atomic E-state index is 13.7. The van der Waals surface area contributed by atoms with Crippen LogP contribution in [0.15, 0.2) is 18.2 Å². The zero-order valence-corrected chi connectivity index (χ0v) is 12.4. The van der Waals surface area contributed by atoms with E-state index in [1.54, 1.807) is 6.07 Å². The van der Waals surface area contributed by atoms with E-state index >= 15 is 0 Å². The molecule has 122 valence electrons. The molecule has 1 aromatic rings. The first-order valence-electron chi connectivity index (χ1n) is 6.96.